The van der Waals surface area contributed by atoms with Gasteiger partial charge in [-0.3, -0.25) is 9.69 Å². The number of anilines is 2. The maximum atomic E-state index is 12.9. The average Bonchev–Trinajstić information content (AvgIpc) is 3.29. The van der Waals surface area contributed by atoms with Crippen molar-refractivity contribution in [1.82, 2.24) is 20.2 Å². The van der Waals surface area contributed by atoms with E-state index in [1.54, 1.807) is 12.1 Å². The zero-order valence-corrected chi connectivity index (χ0v) is 24.5. The molecular weight excluding hydrogens is 514 g/mol. The van der Waals surface area contributed by atoms with E-state index in [0.29, 0.717) is 31.0 Å². The van der Waals surface area contributed by atoms with E-state index >= 15 is 0 Å². The van der Waals surface area contributed by atoms with E-state index in [1.807, 2.05) is 24.4 Å². The van der Waals surface area contributed by atoms with Gasteiger partial charge in [0.15, 0.2) is 0 Å². The smallest absolute Gasteiger partial charge is 0.237 e. The predicted octanol–water partition coefficient (Wildman–Crippen LogP) is 4.22. The summed E-state index contributed by atoms with van der Waals surface area (Å²) >= 11 is 0. The summed E-state index contributed by atoms with van der Waals surface area (Å²) in [5.41, 5.74) is 7.19. The van der Waals surface area contributed by atoms with Gasteiger partial charge < -0.3 is 26.4 Å². The fraction of sp³-hybridized carbons (Fsp3) is 0.656. The van der Waals surface area contributed by atoms with Crippen molar-refractivity contribution in [3.8, 4) is 5.75 Å². The second-order valence-corrected chi connectivity index (χ2v) is 12.2. The van der Waals surface area contributed by atoms with Crippen LogP contribution < -0.4 is 21.3 Å². The van der Waals surface area contributed by atoms with Crippen LogP contribution in [0.1, 0.15) is 82.6 Å². The lowest BCUT2D eigenvalue weighted by Gasteiger charge is -2.47. The highest BCUT2D eigenvalue weighted by molar-refractivity contribution is 5.81. The van der Waals surface area contributed by atoms with Gasteiger partial charge in [0.2, 0.25) is 11.9 Å². The summed E-state index contributed by atoms with van der Waals surface area (Å²) < 4.78 is 0. The Labute approximate surface area is 245 Å². The monoisotopic (exact) mass is 563 g/mol. The van der Waals surface area contributed by atoms with Crippen LogP contribution in [0.5, 0.6) is 5.75 Å². The number of nitrogens with one attached hydrogen (secondary N) is 2. The van der Waals surface area contributed by atoms with Gasteiger partial charge >= 0.3 is 0 Å². The van der Waals surface area contributed by atoms with Crippen LogP contribution in [0.15, 0.2) is 36.5 Å². The van der Waals surface area contributed by atoms with Gasteiger partial charge in [-0.05, 0) is 81.7 Å². The van der Waals surface area contributed by atoms with E-state index in [0.717, 1.165) is 50.3 Å². The summed E-state index contributed by atoms with van der Waals surface area (Å²) in [4.78, 5) is 27.6. The number of carbonyl (C=O) groups is 1. The SMILES string of the molecule is N[C@H](Cc1ccc(O)cc1)C(=O)NCCC1C(Nc2nccc(N3CCCCCC3)n2)CCCN1C1CCCCC1. The van der Waals surface area contributed by atoms with Crippen molar-refractivity contribution in [3.63, 3.8) is 0 Å². The Balaban J connectivity index is 1.23. The summed E-state index contributed by atoms with van der Waals surface area (Å²) in [6, 6.07) is 9.44. The number of carbonyl (C=O) groups excluding carboxylic acids is 1. The summed E-state index contributed by atoms with van der Waals surface area (Å²) in [5, 5.41) is 16.4. The van der Waals surface area contributed by atoms with Crippen molar-refractivity contribution in [2.24, 2.45) is 5.73 Å². The van der Waals surface area contributed by atoms with E-state index in [-0.39, 0.29) is 17.7 Å². The molecule has 9 nitrogen and oxygen atoms in total. The van der Waals surface area contributed by atoms with Crippen molar-refractivity contribution in [1.29, 1.82) is 0 Å². The van der Waals surface area contributed by atoms with Crippen LogP contribution in [0.4, 0.5) is 11.8 Å². The molecule has 5 N–H and O–H groups in total. The quantitative estimate of drug-likeness (QED) is 0.339. The van der Waals surface area contributed by atoms with Gasteiger partial charge in [0.1, 0.15) is 11.6 Å². The molecule has 1 amide bonds. The van der Waals surface area contributed by atoms with Gasteiger partial charge in [-0.1, -0.05) is 44.2 Å². The molecule has 2 aliphatic heterocycles. The molecule has 3 heterocycles. The minimum atomic E-state index is -0.621. The van der Waals surface area contributed by atoms with Gasteiger partial charge in [-0.15, -0.1) is 0 Å². The Morgan fingerprint density at radius 2 is 1.68 bits per heavy atom. The lowest BCUT2D eigenvalue weighted by molar-refractivity contribution is -0.122. The van der Waals surface area contributed by atoms with Crippen molar-refractivity contribution in [3.05, 3.63) is 42.1 Å². The number of benzene rings is 1. The molecular formula is C32H49N7O2. The summed E-state index contributed by atoms with van der Waals surface area (Å²) in [6.07, 6.45) is 16.9. The molecule has 0 radical (unpaired) electrons. The van der Waals surface area contributed by atoms with E-state index in [1.165, 1.54) is 57.8 Å². The number of hydrogen-bond donors (Lipinski definition) is 4. The summed E-state index contributed by atoms with van der Waals surface area (Å²) in [6.45, 7) is 3.82. The first-order chi connectivity index (χ1) is 20.1. The molecule has 1 aromatic carbocycles. The van der Waals surface area contributed by atoms with Gasteiger partial charge in [0.25, 0.3) is 0 Å². The summed E-state index contributed by atoms with van der Waals surface area (Å²) in [5.74, 6) is 1.82. The van der Waals surface area contributed by atoms with Crippen LogP contribution in [-0.2, 0) is 11.2 Å². The Morgan fingerprint density at radius 3 is 2.44 bits per heavy atom. The molecule has 1 aliphatic carbocycles. The van der Waals surface area contributed by atoms with E-state index in [9.17, 15) is 9.90 Å². The molecule has 1 aromatic heterocycles. The molecule has 41 heavy (non-hydrogen) atoms. The Morgan fingerprint density at radius 1 is 0.951 bits per heavy atom. The fourth-order valence-corrected chi connectivity index (χ4v) is 7.00. The molecule has 5 rings (SSSR count). The third-order valence-corrected chi connectivity index (χ3v) is 9.22. The molecule has 1 saturated carbocycles. The number of phenols is 1. The Bertz CT molecular complexity index is 1080. The van der Waals surface area contributed by atoms with Crippen LogP contribution in [0, 0.1) is 0 Å². The molecule has 3 atom stereocenters. The highest BCUT2D eigenvalue weighted by Gasteiger charge is 2.36. The van der Waals surface area contributed by atoms with Crippen molar-refractivity contribution in [2.45, 2.75) is 108 Å². The number of phenolic OH excluding ortho intramolecular Hbond substituents is 1. The van der Waals surface area contributed by atoms with Gasteiger partial charge in [0.05, 0.1) is 6.04 Å². The third-order valence-electron chi connectivity index (χ3n) is 9.22. The number of nitrogens with two attached hydrogens (primary N) is 1. The summed E-state index contributed by atoms with van der Waals surface area (Å²) in [7, 11) is 0. The van der Waals surface area contributed by atoms with Crippen LogP contribution in [0.3, 0.4) is 0 Å². The average molecular weight is 564 g/mol. The normalized spacial score (nSPS) is 23.5. The zero-order valence-electron chi connectivity index (χ0n) is 24.5. The second kappa shape index (κ2) is 14.8. The maximum Gasteiger partial charge on any atom is 0.237 e. The van der Waals surface area contributed by atoms with Gasteiger partial charge in [-0.25, -0.2) is 4.98 Å². The first kappa shape index (κ1) is 29.6. The van der Waals surface area contributed by atoms with Crippen molar-refractivity contribution < 1.29 is 9.90 Å². The van der Waals surface area contributed by atoms with E-state index in [2.05, 4.69) is 25.4 Å². The predicted molar refractivity (Wildman–Crippen MR) is 164 cm³/mol. The van der Waals surface area contributed by atoms with E-state index in [4.69, 9.17) is 10.7 Å². The van der Waals surface area contributed by atoms with Gasteiger partial charge in [-0.2, -0.15) is 4.98 Å². The standard InChI is InChI=1S/C32H49N7O2/c33-27(23-24-12-14-26(40)15-13-24)31(41)34-18-16-29-28(11-8-22-39(29)25-9-4-3-5-10-25)36-32-35-19-17-30(37-32)38-20-6-1-2-7-21-38/h12-15,17,19,25,27-29,40H,1-11,16,18,20-23,33H2,(H,34,41)(H,35,36,37)/t27-,28?,29?/m1/s1. The number of rotatable bonds is 10. The number of likely N-dealkylation sites (tertiary alicyclic amines) is 1. The highest BCUT2D eigenvalue weighted by Crippen LogP contribution is 2.31. The third kappa shape index (κ3) is 8.32. The van der Waals surface area contributed by atoms with Crippen LogP contribution in [-0.4, -0.2) is 76.2 Å². The molecule has 2 aromatic rings. The molecule has 0 spiro atoms. The minimum Gasteiger partial charge on any atom is -0.508 e. The lowest BCUT2D eigenvalue weighted by Crippen LogP contribution is -2.56. The van der Waals surface area contributed by atoms with E-state index < -0.39 is 6.04 Å². The number of aromatic hydroxyl groups is 1. The molecule has 2 saturated heterocycles. The van der Waals surface area contributed by atoms with Gasteiger partial charge in [0, 0.05) is 44.0 Å². The molecule has 9 heteroatoms. The Kier molecular flexibility index (Phi) is 10.7. The molecule has 0 bridgehead atoms. The molecule has 3 fully saturated rings. The van der Waals surface area contributed by atoms with Crippen molar-refractivity contribution >= 4 is 17.7 Å². The molecule has 224 valence electrons. The second-order valence-electron chi connectivity index (χ2n) is 12.2. The number of piperidine rings is 1. The topological polar surface area (TPSA) is 120 Å². The maximum absolute atomic E-state index is 12.9. The minimum absolute atomic E-state index is 0.129. The zero-order chi connectivity index (χ0) is 28.4. The number of nitrogens with zero attached hydrogens (tertiary/aromatic N) is 4. The highest BCUT2D eigenvalue weighted by atomic mass is 16.3. The fourth-order valence-electron chi connectivity index (χ4n) is 7.00. The first-order valence-corrected chi connectivity index (χ1v) is 16.0. The van der Waals surface area contributed by atoms with Crippen molar-refractivity contribution in [2.75, 3.05) is 36.4 Å². The molecule has 2 unspecified atom stereocenters. The number of aromatic nitrogens is 2. The largest absolute Gasteiger partial charge is 0.508 e. The molecule has 3 aliphatic rings. The first-order valence-electron chi connectivity index (χ1n) is 16.0. The number of hydrogen-bond acceptors (Lipinski definition) is 8. The number of amides is 1. The van der Waals surface area contributed by atoms with Crippen LogP contribution in [0.25, 0.3) is 0 Å². The van der Waals surface area contributed by atoms with Crippen LogP contribution >= 0.6 is 0 Å². The van der Waals surface area contributed by atoms with Crippen LogP contribution in [0.2, 0.25) is 0 Å². The lowest BCUT2D eigenvalue weighted by atomic mass is 9.87. The Hall–Kier alpha value is -2.91.